The Hall–Kier alpha value is -1.06. The van der Waals surface area contributed by atoms with Gasteiger partial charge >= 0.3 is 0 Å². The number of hydrogen-bond acceptors (Lipinski definition) is 3. The zero-order chi connectivity index (χ0) is 14.7. The topological polar surface area (TPSA) is 24.5 Å². The molecule has 21 heavy (non-hydrogen) atoms. The molecule has 3 nitrogen and oxygen atoms in total. The van der Waals surface area contributed by atoms with Crippen LogP contribution in [0, 0.1) is 5.92 Å². The van der Waals surface area contributed by atoms with E-state index in [9.17, 15) is 0 Å². The van der Waals surface area contributed by atoms with Crippen LogP contribution >= 0.6 is 0 Å². The summed E-state index contributed by atoms with van der Waals surface area (Å²) in [6, 6.07) is 9.33. The number of ether oxygens (including phenoxy) is 1. The number of hydrogen-bond donors (Lipinski definition) is 1. The normalized spacial score (nSPS) is 25.3. The Morgan fingerprint density at radius 3 is 2.71 bits per heavy atom. The average Bonchev–Trinajstić information content (AvgIpc) is 2.48. The highest BCUT2D eigenvalue weighted by Crippen LogP contribution is 2.35. The standard InChI is InChI=1S/C18H28N2O/c1-3-19-18-15-10-5-6-11-17(15)21-13-16(18)20(4-2)12-14-8-7-9-14/h5-6,10-11,14,16,18-19H,3-4,7-9,12-13H2,1-2H3. The van der Waals surface area contributed by atoms with Gasteiger partial charge in [0.15, 0.2) is 0 Å². The summed E-state index contributed by atoms with van der Waals surface area (Å²) in [5.74, 6) is 1.96. The quantitative estimate of drug-likeness (QED) is 0.870. The molecule has 2 atom stereocenters. The zero-order valence-electron chi connectivity index (χ0n) is 13.3. The number of rotatable bonds is 6. The van der Waals surface area contributed by atoms with Gasteiger partial charge in [-0.25, -0.2) is 0 Å². The number of likely N-dealkylation sites (N-methyl/N-ethyl adjacent to an activating group) is 2. The van der Waals surface area contributed by atoms with E-state index in [1.54, 1.807) is 0 Å². The van der Waals surface area contributed by atoms with Crippen molar-refractivity contribution >= 4 is 0 Å². The number of fused-ring (bicyclic) bond motifs is 1. The molecule has 0 spiro atoms. The second-order valence-corrected chi connectivity index (χ2v) is 6.34. The van der Waals surface area contributed by atoms with Crippen LogP contribution in [0.4, 0.5) is 0 Å². The molecule has 3 heteroatoms. The van der Waals surface area contributed by atoms with Gasteiger partial charge in [0.1, 0.15) is 12.4 Å². The Kier molecular flexibility index (Phi) is 4.81. The van der Waals surface area contributed by atoms with Gasteiger partial charge in [0.2, 0.25) is 0 Å². The molecule has 2 unspecified atom stereocenters. The first-order valence-electron chi connectivity index (χ1n) is 8.52. The molecule has 1 N–H and O–H groups in total. The Morgan fingerprint density at radius 1 is 1.24 bits per heavy atom. The van der Waals surface area contributed by atoms with Gasteiger partial charge in [0.25, 0.3) is 0 Å². The van der Waals surface area contributed by atoms with Crippen molar-refractivity contribution in [1.29, 1.82) is 0 Å². The minimum Gasteiger partial charge on any atom is -0.492 e. The first-order chi connectivity index (χ1) is 10.3. The smallest absolute Gasteiger partial charge is 0.124 e. The molecule has 0 bridgehead atoms. The number of benzene rings is 1. The van der Waals surface area contributed by atoms with Crippen molar-refractivity contribution in [3.8, 4) is 5.75 Å². The van der Waals surface area contributed by atoms with Gasteiger partial charge in [-0.05, 0) is 37.9 Å². The fourth-order valence-electron chi connectivity index (χ4n) is 3.64. The number of para-hydroxylation sites is 1. The maximum atomic E-state index is 6.05. The van der Waals surface area contributed by atoms with Crippen LogP contribution in [0.1, 0.15) is 44.7 Å². The Balaban J connectivity index is 1.79. The number of nitrogens with one attached hydrogen (secondary N) is 1. The minimum absolute atomic E-state index is 0.389. The summed E-state index contributed by atoms with van der Waals surface area (Å²) in [5.41, 5.74) is 1.32. The summed E-state index contributed by atoms with van der Waals surface area (Å²) in [6.07, 6.45) is 4.24. The van der Waals surface area contributed by atoms with Gasteiger partial charge in [-0.3, -0.25) is 4.90 Å². The van der Waals surface area contributed by atoms with Gasteiger partial charge in [0, 0.05) is 12.1 Å². The summed E-state index contributed by atoms with van der Waals surface area (Å²) in [7, 11) is 0. The van der Waals surface area contributed by atoms with Crippen molar-refractivity contribution in [3.63, 3.8) is 0 Å². The first-order valence-corrected chi connectivity index (χ1v) is 8.52. The first kappa shape index (κ1) is 14.9. The van der Waals surface area contributed by atoms with E-state index in [2.05, 4.69) is 48.3 Å². The van der Waals surface area contributed by atoms with Gasteiger partial charge in [-0.2, -0.15) is 0 Å². The molecule has 1 heterocycles. The molecule has 116 valence electrons. The van der Waals surface area contributed by atoms with Crippen LogP contribution in [0.25, 0.3) is 0 Å². The fraction of sp³-hybridized carbons (Fsp3) is 0.667. The molecule has 1 aliphatic heterocycles. The van der Waals surface area contributed by atoms with Crippen molar-refractivity contribution in [2.75, 3.05) is 26.2 Å². The molecule has 0 radical (unpaired) electrons. The molecule has 3 rings (SSSR count). The third-order valence-corrected chi connectivity index (χ3v) is 5.07. The highest BCUT2D eigenvalue weighted by Gasteiger charge is 2.35. The SMILES string of the molecule is CCNC1c2ccccc2OCC1N(CC)CC1CCC1. The molecule has 1 fully saturated rings. The second kappa shape index (κ2) is 6.80. The Labute approximate surface area is 128 Å². The third-order valence-electron chi connectivity index (χ3n) is 5.07. The van der Waals surface area contributed by atoms with Crippen LogP contribution in [0.2, 0.25) is 0 Å². The van der Waals surface area contributed by atoms with Crippen molar-refractivity contribution in [2.24, 2.45) is 5.92 Å². The van der Waals surface area contributed by atoms with E-state index >= 15 is 0 Å². The summed E-state index contributed by atoms with van der Waals surface area (Å²) < 4.78 is 6.05. The maximum absolute atomic E-state index is 6.05. The van der Waals surface area contributed by atoms with E-state index in [1.165, 1.54) is 31.4 Å². The lowest BCUT2D eigenvalue weighted by atomic mass is 9.84. The predicted octanol–water partition coefficient (Wildman–Crippen LogP) is 3.22. The van der Waals surface area contributed by atoms with E-state index < -0.39 is 0 Å². The van der Waals surface area contributed by atoms with Gasteiger partial charge in [0.05, 0.1) is 12.1 Å². The van der Waals surface area contributed by atoms with Crippen molar-refractivity contribution < 1.29 is 4.74 Å². The van der Waals surface area contributed by atoms with Crippen LogP contribution < -0.4 is 10.1 Å². The lowest BCUT2D eigenvalue weighted by molar-refractivity contribution is 0.0643. The lowest BCUT2D eigenvalue weighted by Gasteiger charge is -2.43. The van der Waals surface area contributed by atoms with E-state index in [-0.39, 0.29) is 0 Å². The van der Waals surface area contributed by atoms with Crippen LogP contribution in [-0.2, 0) is 0 Å². The van der Waals surface area contributed by atoms with Gasteiger partial charge < -0.3 is 10.1 Å². The molecule has 2 aliphatic rings. The average molecular weight is 288 g/mol. The maximum Gasteiger partial charge on any atom is 0.124 e. The van der Waals surface area contributed by atoms with Crippen molar-refractivity contribution in [1.82, 2.24) is 10.2 Å². The summed E-state index contributed by atoms with van der Waals surface area (Å²) in [5, 5.41) is 3.69. The minimum atomic E-state index is 0.389. The van der Waals surface area contributed by atoms with Crippen LogP contribution in [0.5, 0.6) is 5.75 Å². The van der Waals surface area contributed by atoms with Gasteiger partial charge in [-0.15, -0.1) is 0 Å². The summed E-state index contributed by atoms with van der Waals surface area (Å²) >= 11 is 0. The van der Waals surface area contributed by atoms with Crippen LogP contribution in [0.3, 0.4) is 0 Å². The predicted molar refractivity (Wildman–Crippen MR) is 86.7 cm³/mol. The summed E-state index contributed by atoms with van der Waals surface area (Å²) in [4.78, 5) is 2.63. The van der Waals surface area contributed by atoms with E-state index in [1.807, 2.05) is 0 Å². The van der Waals surface area contributed by atoms with Crippen LogP contribution in [-0.4, -0.2) is 37.2 Å². The third kappa shape index (κ3) is 3.09. The monoisotopic (exact) mass is 288 g/mol. The van der Waals surface area contributed by atoms with Crippen molar-refractivity contribution in [2.45, 2.75) is 45.2 Å². The Morgan fingerprint density at radius 2 is 2.05 bits per heavy atom. The largest absolute Gasteiger partial charge is 0.492 e. The molecular formula is C18H28N2O. The molecule has 1 aliphatic carbocycles. The summed E-state index contributed by atoms with van der Waals surface area (Å²) in [6.45, 7) is 8.61. The van der Waals surface area contributed by atoms with Crippen LogP contribution in [0.15, 0.2) is 24.3 Å². The Bertz CT molecular complexity index is 458. The number of nitrogens with zero attached hydrogens (tertiary/aromatic N) is 1. The molecular weight excluding hydrogens is 260 g/mol. The second-order valence-electron chi connectivity index (χ2n) is 6.34. The van der Waals surface area contributed by atoms with E-state index in [4.69, 9.17) is 4.74 Å². The van der Waals surface area contributed by atoms with E-state index in [0.717, 1.165) is 31.4 Å². The lowest BCUT2D eigenvalue weighted by Crippen LogP contribution is -2.52. The van der Waals surface area contributed by atoms with Gasteiger partial charge in [-0.1, -0.05) is 38.5 Å². The fourth-order valence-corrected chi connectivity index (χ4v) is 3.64. The zero-order valence-corrected chi connectivity index (χ0v) is 13.3. The molecule has 1 aromatic carbocycles. The van der Waals surface area contributed by atoms with E-state index in [0.29, 0.717) is 12.1 Å². The molecule has 0 amide bonds. The molecule has 0 saturated heterocycles. The molecule has 0 aromatic heterocycles. The molecule has 1 saturated carbocycles. The van der Waals surface area contributed by atoms with Crippen molar-refractivity contribution in [3.05, 3.63) is 29.8 Å². The molecule has 1 aromatic rings. The highest BCUT2D eigenvalue weighted by atomic mass is 16.5. The highest BCUT2D eigenvalue weighted by molar-refractivity contribution is 5.38.